The number of thioether (sulfide) groups is 1. The minimum Gasteiger partial charge on any atom is -0.422 e. The van der Waals surface area contributed by atoms with Gasteiger partial charge in [0.05, 0.1) is 0 Å². The van der Waals surface area contributed by atoms with E-state index in [-0.39, 0.29) is 51.4 Å². The summed E-state index contributed by atoms with van der Waals surface area (Å²) in [6.45, 7) is 0. The molecule has 0 nitrogen and oxygen atoms in total. The number of hydrogen-bond donors (Lipinski definition) is 0. The Labute approximate surface area is 95.7 Å². The van der Waals surface area contributed by atoms with Gasteiger partial charge in [0.1, 0.15) is 0 Å². The van der Waals surface area contributed by atoms with Crippen LogP contribution in [0.1, 0.15) is 0 Å². The van der Waals surface area contributed by atoms with E-state index in [9.17, 15) is 0 Å². The largest absolute Gasteiger partial charge is 1.00 e. The van der Waals surface area contributed by atoms with Gasteiger partial charge in [-0.2, -0.15) is 11.8 Å². The summed E-state index contributed by atoms with van der Waals surface area (Å²) in [7, 11) is 0. The third-order valence-electron chi connectivity index (χ3n) is 0.167. The van der Waals surface area contributed by atoms with Crippen molar-refractivity contribution in [1.82, 2.24) is 0 Å². The van der Waals surface area contributed by atoms with Crippen molar-refractivity contribution in [3.8, 4) is 0 Å². The second-order valence-corrected chi connectivity index (χ2v) is 2.86. The van der Waals surface area contributed by atoms with Gasteiger partial charge in [-0.1, -0.05) is 3.53 Å². The van der Waals surface area contributed by atoms with Crippen LogP contribution in [0.2, 0.25) is 0 Å². The van der Waals surface area contributed by atoms with Crippen LogP contribution in [-0.4, -0.2) is 9.78 Å². The fourth-order valence-corrected chi connectivity index (χ4v) is 0. The van der Waals surface area contributed by atoms with Crippen molar-refractivity contribution in [1.29, 1.82) is 0 Å². The zero-order chi connectivity index (χ0) is 4.28. The molecule has 0 aromatic rings. The van der Waals surface area contributed by atoms with Crippen LogP contribution >= 0.6 is 24.0 Å². The van der Waals surface area contributed by atoms with E-state index in [0.717, 1.165) is 0 Å². The molecule has 0 fully saturated rings. The fourth-order valence-electron chi connectivity index (χ4n) is 0. The molecule has 0 radical (unpaired) electrons. The Hall–Kier alpha value is 2.30. The van der Waals surface area contributed by atoms with Crippen LogP contribution in [0.25, 0.3) is 0 Å². The number of rotatable bonds is 0. The second-order valence-electron chi connectivity index (χ2n) is 0.454. The monoisotopic (exact) mass is 162 g/mol. The van der Waals surface area contributed by atoms with E-state index in [2.05, 4.69) is 24.8 Å². The summed E-state index contributed by atoms with van der Waals surface area (Å²) < 4.78 is 0.588. The summed E-state index contributed by atoms with van der Waals surface area (Å²) in [6.07, 6.45) is 1.87. The molecule has 0 saturated heterocycles. The smallest absolute Gasteiger partial charge is 0.422 e. The molecule has 0 unspecified atom stereocenters. The second kappa shape index (κ2) is 7.30. The Morgan fingerprint density at radius 1 is 1.83 bits per heavy atom. The maximum absolute atomic E-state index is 4.47. The molecule has 0 aromatic carbocycles. The van der Waals surface area contributed by atoms with Gasteiger partial charge in [0.25, 0.3) is 0 Å². The van der Waals surface area contributed by atoms with Crippen molar-refractivity contribution in [3.05, 3.63) is 0 Å². The van der Waals surface area contributed by atoms with Gasteiger partial charge in [0.2, 0.25) is 0 Å². The van der Waals surface area contributed by atoms with Crippen molar-refractivity contribution in [2.45, 2.75) is 0 Å². The van der Waals surface area contributed by atoms with Crippen LogP contribution in [0.3, 0.4) is 0 Å². The van der Waals surface area contributed by atoms with E-state index in [1.165, 1.54) is 11.8 Å². The molecule has 4 heteroatoms. The van der Waals surface area contributed by atoms with E-state index in [1.807, 2.05) is 6.26 Å². The minimum atomic E-state index is 0. The van der Waals surface area contributed by atoms with Crippen LogP contribution < -0.4 is 51.4 Å². The molecule has 0 aromatic heterocycles. The van der Waals surface area contributed by atoms with E-state index in [0.29, 0.717) is 3.53 Å². The first-order chi connectivity index (χ1) is 2.27. The summed E-state index contributed by atoms with van der Waals surface area (Å²) in [5.74, 6) is 0. The SMILES string of the molecule is CSC(=S)[S-].[K+]. The van der Waals surface area contributed by atoms with Gasteiger partial charge in [0, 0.05) is 0 Å². The molecule has 0 aliphatic heterocycles. The van der Waals surface area contributed by atoms with E-state index in [1.54, 1.807) is 0 Å². The maximum Gasteiger partial charge on any atom is 1.00 e. The Morgan fingerprint density at radius 3 is 2.00 bits per heavy atom. The van der Waals surface area contributed by atoms with Crippen LogP contribution in [0, 0.1) is 0 Å². The zero-order valence-electron chi connectivity index (χ0n) is 3.72. The molecule has 0 saturated carbocycles. The Balaban J connectivity index is 0. The Morgan fingerprint density at radius 2 is 2.00 bits per heavy atom. The molecular formula is C2H3KS3. The van der Waals surface area contributed by atoms with Gasteiger partial charge >= 0.3 is 51.4 Å². The van der Waals surface area contributed by atoms with Crippen molar-refractivity contribution in [3.63, 3.8) is 0 Å². The minimum absolute atomic E-state index is 0. The number of hydrogen-bond acceptors (Lipinski definition) is 3. The van der Waals surface area contributed by atoms with Crippen molar-refractivity contribution in [2.24, 2.45) is 0 Å². The van der Waals surface area contributed by atoms with Crippen LogP contribution in [0.4, 0.5) is 0 Å². The third kappa shape index (κ3) is 9.57. The first-order valence-corrected chi connectivity index (χ1v) is 3.06. The van der Waals surface area contributed by atoms with E-state index >= 15 is 0 Å². The molecule has 0 atom stereocenters. The molecule has 0 amide bonds. The summed E-state index contributed by atoms with van der Waals surface area (Å²) in [5.41, 5.74) is 0. The fraction of sp³-hybridized carbons (Fsp3) is 0.500. The summed E-state index contributed by atoms with van der Waals surface area (Å²) in [5, 5.41) is 0. The van der Waals surface area contributed by atoms with E-state index in [4.69, 9.17) is 0 Å². The van der Waals surface area contributed by atoms with Gasteiger partial charge in [-0.3, -0.25) is 0 Å². The normalized spacial score (nSPS) is 6.17. The maximum atomic E-state index is 4.47. The quantitative estimate of drug-likeness (QED) is 0.234. The molecule has 0 aliphatic carbocycles. The van der Waals surface area contributed by atoms with Crippen molar-refractivity contribution < 1.29 is 51.4 Å². The molecule has 6 heavy (non-hydrogen) atoms. The average molecular weight is 162 g/mol. The first kappa shape index (κ1) is 11.1. The van der Waals surface area contributed by atoms with Gasteiger partial charge in [-0.25, -0.2) is 0 Å². The van der Waals surface area contributed by atoms with Crippen molar-refractivity contribution in [2.75, 3.05) is 6.26 Å². The molecule has 0 N–H and O–H groups in total. The Kier molecular flexibility index (Phi) is 13.5. The standard InChI is InChI=1S/C2H4S3.K/c1-5-2(3)4;/h1H3,(H,3,4);/q;+1/p-1. The molecular weight excluding hydrogens is 159 g/mol. The molecule has 0 bridgehead atoms. The predicted octanol–water partition coefficient (Wildman–Crippen LogP) is -1.81. The third-order valence-corrected chi connectivity index (χ3v) is 1.50. The van der Waals surface area contributed by atoms with Gasteiger partial charge in [0.15, 0.2) is 0 Å². The predicted molar refractivity (Wildman–Crippen MR) is 33.5 cm³/mol. The average Bonchev–Trinajstić information content (AvgIpc) is 1.38. The van der Waals surface area contributed by atoms with Gasteiger partial charge in [-0.15, -0.1) is 0 Å². The first-order valence-electron chi connectivity index (χ1n) is 1.02. The van der Waals surface area contributed by atoms with Crippen molar-refractivity contribution >= 4 is 40.1 Å². The summed E-state index contributed by atoms with van der Waals surface area (Å²) in [6, 6.07) is 0. The molecule has 0 aliphatic rings. The molecule has 0 spiro atoms. The molecule has 30 valence electrons. The van der Waals surface area contributed by atoms with Crippen LogP contribution in [0.15, 0.2) is 0 Å². The van der Waals surface area contributed by atoms with Gasteiger partial charge in [-0.05, 0) is 6.26 Å². The number of thiocarbonyl (C=S) groups is 1. The topological polar surface area (TPSA) is 0 Å². The van der Waals surface area contributed by atoms with Gasteiger partial charge < -0.3 is 24.8 Å². The van der Waals surface area contributed by atoms with Crippen LogP contribution in [-0.2, 0) is 12.6 Å². The zero-order valence-corrected chi connectivity index (χ0v) is 9.30. The Bertz CT molecular complexity index is 44.1. The molecule has 0 rings (SSSR count). The van der Waals surface area contributed by atoms with Crippen LogP contribution in [0.5, 0.6) is 0 Å². The summed E-state index contributed by atoms with van der Waals surface area (Å²) in [4.78, 5) is 0. The summed E-state index contributed by atoms with van der Waals surface area (Å²) >= 11 is 10.4. The van der Waals surface area contributed by atoms with E-state index < -0.39 is 0 Å². The molecule has 0 heterocycles.